The molecule has 0 aliphatic carbocycles. The largest absolute Gasteiger partial charge is 0.459 e. The van der Waals surface area contributed by atoms with Gasteiger partial charge in [-0.25, -0.2) is 0 Å². The van der Waals surface area contributed by atoms with E-state index in [2.05, 4.69) is 18.7 Å². The van der Waals surface area contributed by atoms with Crippen molar-refractivity contribution in [3.05, 3.63) is 0 Å². The average Bonchev–Trinajstić information content (AvgIpc) is 2.13. The minimum Gasteiger partial charge on any atom is -0.459 e. The lowest BCUT2D eigenvalue weighted by Gasteiger charge is -2.31. The van der Waals surface area contributed by atoms with Crippen molar-refractivity contribution in [2.75, 3.05) is 26.2 Å². The Kier molecular flexibility index (Phi) is 6.13. The van der Waals surface area contributed by atoms with Crippen molar-refractivity contribution < 1.29 is 9.53 Å². The van der Waals surface area contributed by atoms with Gasteiger partial charge in [-0.1, -0.05) is 20.8 Å². The lowest BCUT2D eigenvalue weighted by atomic mass is 9.93. The highest BCUT2D eigenvalue weighted by atomic mass is 16.6. The molecule has 0 fully saturated rings. The maximum absolute atomic E-state index is 11.7. The van der Waals surface area contributed by atoms with Gasteiger partial charge < -0.3 is 10.5 Å². The van der Waals surface area contributed by atoms with Crippen LogP contribution in [0.4, 0.5) is 0 Å². The Balaban J connectivity index is 4.27. The molecule has 0 aromatic rings. The summed E-state index contributed by atoms with van der Waals surface area (Å²) in [5.41, 5.74) is 5.31. The predicted octanol–water partition coefficient (Wildman–Crippen LogP) is 1.63. The van der Waals surface area contributed by atoms with Crippen molar-refractivity contribution >= 4 is 5.97 Å². The molecule has 0 bridgehead atoms. The van der Waals surface area contributed by atoms with Gasteiger partial charge in [0.1, 0.15) is 5.60 Å². The summed E-state index contributed by atoms with van der Waals surface area (Å²) >= 11 is 0. The van der Waals surface area contributed by atoms with E-state index in [1.807, 2.05) is 27.7 Å². The number of carbonyl (C=O) groups is 1. The first kappa shape index (κ1) is 16.4. The second-order valence-electron chi connectivity index (χ2n) is 6.26. The average molecular weight is 244 g/mol. The molecule has 0 atom stereocenters. The van der Waals surface area contributed by atoms with Gasteiger partial charge >= 0.3 is 5.97 Å². The lowest BCUT2D eigenvalue weighted by molar-refractivity contribution is -0.156. The van der Waals surface area contributed by atoms with Crippen LogP contribution in [0, 0.1) is 5.41 Å². The van der Waals surface area contributed by atoms with Crippen LogP contribution in [0.3, 0.4) is 0 Å². The van der Waals surface area contributed by atoms with Gasteiger partial charge in [-0.05, 0) is 39.3 Å². The Morgan fingerprint density at radius 3 is 2.12 bits per heavy atom. The van der Waals surface area contributed by atoms with Crippen molar-refractivity contribution in [3.8, 4) is 0 Å². The number of esters is 1. The molecule has 0 rings (SSSR count). The van der Waals surface area contributed by atoms with E-state index in [-0.39, 0.29) is 11.4 Å². The van der Waals surface area contributed by atoms with Crippen LogP contribution in [0.5, 0.6) is 0 Å². The zero-order chi connectivity index (χ0) is 13.7. The van der Waals surface area contributed by atoms with E-state index >= 15 is 0 Å². The van der Waals surface area contributed by atoms with E-state index < -0.39 is 5.60 Å². The van der Waals surface area contributed by atoms with Gasteiger partial charge in [0.25, 0.3) is 0 Å². The van der Waals surface area contributed by atoms with Gasteiger partial charge in [0, 0.05) is 6.54 Å². The van der Waals surface area contributed by atoms with E-state index in [0.29, 0.717) is 13.1 Å². The monoisotopic (exact) mass is 244 g/mol. The van der Waals surface area contributed by atoms with Crippen LogP contribution in [0.2, 0.25) is 0 Å². The van der Waals surface area contributed by atoms with Crippen LogP contribution < -0.4 is 5.73 Å². The summed E-state index contributed by atoms with van der Waals surface area (Å²) in [6.45, 7) is 14.4. The summed E-state index contributed by atoms with van der Waals surface area (Å²) in [6.07, 6.45) is 0. The molecule has 102 valence electrons. The summed E-state index contributed by atoms with van der Waals surface area (Å²) in [5.74, 6) is -0.174. The SMILES string of the molecule is CCN(CC(=O)OC(C)(C)C)CC(C)(C)CN. The quantitative estimate of drug-likeness (QED) is 0.722. The second-order valence-corrected chi connectivity index (χ2v) is 6.26. The first-order valence-corrected chi connectivity index (χ1v) is 6.24. The molecule has 0 aromatic carbocycles. The molecule has 0 aliphatic heterocycles. The van der Waals surface area contributed by atoms with Gasteiger partial charge in [0.2, 0.25) is 0 Å². The highest BCUT2D eigenvalue weighted by Crippen LogP contribution is 2.15. The molecule has 0 radical (unpaired) electrons. The predicted molar refractivity (Wildman–Crippen MR) is 70.8 cm³/mol. The standard InChI is InChI=1S/C13H28N2O2/c1-7-15(10-13(5,6)9-14)8-11(16)17-12(2,3)4/h7-10,14H2,1-6H3. The number of hydrogen-bond donors (Lipinski definition) is 1. The summed E-state index contributed by atoms with van der Waals surface area (Å²) in [7, 11) is 0. The lowest BCUT2D eigenvalue weighted by Crippen LogP contribution is -2.42. The molecule has 0 aromatic heterocycles. The summed E-state index contributed by atoms with van der Waals surface area (Å²) in [4.78, 5) is 13.8. The molecule has 0 saturated heterocycles. The molecule has 4 nitrogen and oxygen atoms in total. The molecule has 0 saturated carbocycles. The Morgan fingerprint density at radius 2 is 1.76 bits per heavy atom. The Bertz CT molecular complexity index is 244. The number of likely N-dealkylation sites (N-methyl/N-ethyl adjacent to an activating group) is 1. The third kappa shape index (κ3) is 8.16. The summed E-state index contributed by atoms with van der Waals surface area (Å²) < 4.78 is 5.31. The van der Waals surface area contributed by atoms with Gasteiger partial charge in [-0.2, -0.15) is 0 Å². The number of rotatable bonds is 6. The van der Waals surface area contributed by atoms with Gasteiger partial charge in [-0.15, -0.1) is 0 Å². The van der Waals surface area contributed by atoms with E-state index in [4.69, 9.17) is 10.5 Å². The van der Waals surface area contributed by atoms with E-state index in [1.165, 1.54) is 0 Å². The van der Waals surface area contributed by atoms with Gasteiger partial charge in [0.05, 0.1) is 6.54 Å². The molecule has 0 spiro atoms. The maximum atomic E-state index is 11.7. The van der Waals surface area contributed by atoms with Gasteiger partial charge in [-0.3, -0.25) is 9.69 Å². The molecular weight excluding hydrogens is 216 g/mol. The third-order valence-corrected chi connectivity index (χ3v) is 2.42. The number of ether oxygens (including phenoxy) is 1. The van der Waals surface area contributed by atoms with Crippen LogP contribution in [0.1, 0.15) is 41.5 Å². The maximum Gasteiger partial charge on any atom is 0.320 e. The Morgan fingerprint density at radius 1 is 1.24 bits per heavy atom. The number of nitrogens with two attached hydrogens (primary N) is 1. The van der Waals surface area contributed by atoms with Crippen molar-refractivity contribution in [3.63, 3.8) is 0 Å². The van der Waals surface area contributed by atoms with E-state index in [1.54, 1.807) is 0 Å². The molecule has 0 heterocycles. The van der Waals surface area contributed by atoms with E-state index in [9.17, 15) is 4.79 Å². The first-order valence-electron chi connectivity index (χ1n) is 6.24. The van der Waals surface area contributed by atoms with Gasteiger partial charge in [0.15, 0.2) is 0 Å². The highest BCUT2D eigenvalue weighted by molar-refractivity contribution is 5.72. The van der Waals surface area contributed by atoms with Crippen LogP contribution >= 0.6 is 0 Å². The zero-order valence-electron chi connectivity index (χ0n) is 12.2. The fraction of sp³-hybridized carbons (Fsp3) is 0.923. The minimum absolute atomic E-state index is 0.0258. The number of carbonyl (C=O) groups excluding carboxylic acids is 1. The third-order valence-electron chi connectivity index (χ3n) is 2.42. The molecule has 4 heteroatoms. The van der Waals surface area contributed by atoms with Crippen molar-refractivity contribution in [1.29, 1.82) is 0 Å². The normalized spacial score (nSPS) is 12.9. The topological polar surface area (TPSA) is 55.6 Å². The minimum atomic E-state index is -0.417. The van der Waals surface area contributed by atoms with Crippen molar-refractivity contribution in [2.45, 2.75) is 47.1 Å². The fourth-order valence-corrected chi connectivity index (χ4v) is 1.51. The van der Waals surface area contributed by atoms with Crippen LogP contribution in [-0.2, 0) is 9.53 Å². The second kappa shape index (κ2) is 6.36. The molecule has 0 aliphatic rings. The molecule has 17 heavy (non-hydrogen) atoms. The van der Waals surface area contributed by atoms with Crippen LogP contribution in [-0.4, -0.2) is 42.6 Å². The molecule has 0 unspecified atom stereocenters. The Labute approximate surface area is 105 Å². The van der Waals surface area contributed by atoms with Crippen LogP contribution in [0.15, 0.2) is 0 Å². The summed E-state index contributed by atoms with van der Waals surface area (Å²) in [5, 5.41) is 0. The molecular formula is C13H28N2O2. The highest BCUT2D eigenvalue weighted by Gasteiger charge is 2.23. The smallest absolute Gasteiger partial charge is 0.320 e. The molecule has 0 amide bonds. The number of nitrogens with zero attached hydrogens (tertiary/aromatic N) is 1. The summed E-state index contributed by atoms with van der Waals surface area (Å²) in [6, 6.07) is 0. The van der Waals surface area contributed by atoms with Crippen molar-refractivity contribution in [1.82, 2.24) is 4.90 Å². The fourth-order valence-electron chi connectivity index (χ4n) is 1.51. The van der Waals surface area contributed by atoms with Crippen molar-refractivity contribution in [2.24, 2.45) is 11.1 Å². The molecule has 2 N–H and O–H groups in total. The zero-order valence-corrected chi connectivity index (χ0v) is 12.2. The Hall–Kier alpha value is -0.610. The first-order chi connectivity index (χ1) is 7.59. The van der Waals surface area contributed by atoms with E-state index in [0.717, 1.165) is 13.1 Å². The van der Waals surface area contributed by atoms with Crippen LogP contribution in [0.25, 0.3) is 0 Å². The number of hydrogen-bond acceptors (Lipinski definition) is 4.